The summed E-state index contributed by atoms with van der Waals surface area (Å²) >= 11 is 0. The van der Waals surface area contributed by atoms with Gasteiger partial charge in [0.05, 0.1) is 17.2 Å². The minimum atomic E-state index is -4.46. The molecule has 174 valence electrons. The van der Waals surface area contributed by atoms with Gasteiger partial charge < -0.3 is 9.47 Å². The molecule has 1 atom stereocenters. The molecule has 2 aliphatic heterocycles. The van der Waals surface area contributed by atoms with E-state index >= 15 is 0 Å². The molecule has 2 aliphatic rings. The van der Waals surface area contributed by atoms with Crippen LogP contribution in [0.15, 0.2) is 88.1 Å². The highest BCUT2D eigenvalue weighted by Gasteiger charge is 2.61. The van der Waals surface area contributed by atoms with Gasteiger partial charge in [-0.3, -0.25) is 4.99 Å². The van der Waals surface area contributed by atoms with Gasteiger partial charge in [0.25, 0.3) is 0 Å². The van der Waals surface area contributed by atoms with E-state index in [2.05, 4.69) is 25.2 Å². The van der Waals surface area contributed by atoms with Crippen LogP contribution < -0.4 is 9.47 Å². The normalized spacial score (nSPS) is 19.5. The lowest BCUT2D eigenvalue weighted by molar-refractivity contribution is -0.156. The molecule has 0 saturated carbocycles. The van der Waals surface area contributed by atoms with Crippen LogP contribution in [-0.2, 0) is 11.2 Å². The number of aliphatic imine (C=N–C) groups is 1. The van der Waals surface area contributed by atoms with Crippen LogP contribution in [0, 0.1) is 0 Å². The highest BCUT2D eigenvalue weighted by atomic mass is 19.4. The fourth-order valence-corrected chi connectivity index (χ4v) is 3.67. The molecular weight excluding hydrogens is 459 g/mol. The Bertz CT molecular complexity index is 1490. The van der Waals surface area contributed by atoms with Crippen molar-refractivity contribution in [1.29, 1.82) is 0 Å². The molecule has 0 fully saturated rings. The Balaban J connectivity index is 1.18. The molecule has 35 heavy (non-hydrogen) atoms. The van der Waals surface area contributed by atoms with E-state index in [-0.39, 0.29) is 5.56 Å². The zero-order chi connectivity index (χ0) is 24.3. The second-order valence-electron chi connectivity index (χ2n) is 8.35. The van der Waals surface area contributed by atoms with Crippen molar-refractivity contribution in [2.75, 3.05) is 0 Å². The lowest BCUT2D eigenvalue weighted by Crippen LogP contribution is -2.31. The van der Waals surface area contributed by atoms with E-state index in [1.54, 1.807) is 18.2 Å². The molecule has 10 heteroatoms. The number of nitrogens with zero attached hydrogens (tertiary/aromatic N) is 5. The minimum absolute atomic E-state index is 0.0478. The van der Waals surface area contributed by atoms with Crippen LogP contribution in [0.3, 0.4) is 0 Å². The van der Waals surface area contributed by atoms with Crippen LogP contribution in [0.1, 0.15) is 18.1 Å². The third kappa shape index (κ3) is 3.86. The lowest BCUT2D eigenvalue weighted by atomic mass is 9.97. The Morgan fingerprint density at radius 3 is 1.94 bits per heavy atom. The number of fused-ring (bicyclic) bond motifs is 1. The molecule has 4 aromatic rings. The summed E-state index contributed by atoms with van der Waals surface area (Å²) in [5.74, 6) is 1.74. The molecule has 6 rings (SSSR count). The maximum Gasteiger partial charge on any atom is 0.422 e. The van der Waals surface area contributed by atoms with Crippen molar-refractivity contribution < 1.29 is 22.6 Å². The molecule has 0 aliphatic carbocycles. The van der Waals surface area contributed by atoms with Gasteiger partial charge >= 0.3 is 6.18 Å². The van der Waals surface area contributed by atoms with Crippen molar-refractivity contribution in [3.05, 3.63) is 84.1 Å². The molecule has 0 amide bonds. The van der Waals surface area contributed by atoms with E-state index in [0.29, 0.717) is 34.2 Å². The van der Waals surface area contributed by atoms with E-state index in [1.807, 2.05) is 31.2 Å². The van der Waals surface area contributed by atoms with Gasteiger partial charge in [0.2, 0.25) is 17.1 Å². The second-order valence-corrected chi connectivity index (χ2v) is 8.35. The first-order chi connectivity index (χ1) is 16.7. The number of halogens is 3. The molecule has 1 aromatic heterocycles. The van der Waals surface area contributed by atoms with Gasteiger partial charge in [0, 0.05) is 17.8 Å². The Kier molecular flexibility index (Phi) is 4.44. The Morgan fingerprint density at radius 1 is 0.743 bits per heavy atom. The molecule has 0 bridgehead atoms. The zero-order valence-corrected chi connectivity index (χ0v) is 18.2. The Morgan fingerprint density at radius 2 is 1.34 bits per heavy atom. The smallest absolute Gasteiger partial charge is 0.422 e. The van der Waals surface area contributed by atoms with Crippen molar-refractivity contribution in [3.8, 4) is 23.1 Å². The van der Waals surface area contributed by atoms with Crippen LogP contribution in [0.5, 0.6) is 23.1 Å². The first kappa shape index (κ1) is 21.2. The first-order valence-electron chi connectivity index (χ1n) is 10.6. The molecule has 0 saturated heterocycles. The summed E-state index contributed by atoms with van der Waals surface area (Å²) in [6.45, 7) is 1.92. The quantitative estimate of drug-likeness (QED) is 0.311. The minimum Gasteiger partial charge on any atom is -0.457 e. The van der Waals surface area contributed by atoms with Crippen molar-refractivity contribution in [2.24, 2.45) is 15.2 Å². The highest BCUT2D eigenvalue weighted by molar-refractivity contribution is 5.87. The van der Waals surface area contributed by atoms with Crippen molar-refractivity contribution in [2.45, 2.75) is 24.3 Å². The summed E-state index contributed by atoms with van der Waals surface area (Å²) in [5, 5.41) is 8.03. The van der Waals surface area contributed by atoms with Crippen LogP contribution >= 0.6 is 0 Å². The van der Waals surface area contributed by atoms with Crippen molar-refractivity contribution in [1.82, 2.24) is 9.97 Å². The number of rotatable bonds is 6. The third-order valence-corrected chi connectivity index (χ3v) is 5.86. The molecule has 0 spiro atoms. The molecule has 3 aromatic carbocycles. The van der Waals surface area contributed by atoms with Gasteiger partial charge in [-0.25, -0.2) is 9.97 Å². The molecule has 0 N–H and O–H groups in total. The summed E-state index contributed by atoms with van der Waals surface area (Å²) in [4.78, 5) is 12.3. The zero-order valence-electron chi connectivity index (χ0n) is 18.2. The first-order valence-corrected chi connectivity index (χ1v) is 10.6. The number of ether oxygens (including phenoxy) is 2. The predicted octanol–water partition coefficient (Wildman–Crippen LogP) is 6.69. The summed E-state index contributed by atoms with van der Waals surface area (Å²) in [6, 6.07) is 18.2. The monoisotopic (exact) mass is 475 g/mol. The summed E-state index contributed by atoms with van der Waals surface area (Å²) < 4.78 is 51.3. The molecule has 0 radical (unpaired) electrons. The lowest BCUT2D eigenvalue weighted by Gasteiger charge is -2.18. The predicted molar refractivity (Wildman–Crippen MR) is 121 cm³/mol. The van der Waals surface area contributed by atoms with Crippen molar-refractivity contribution in [3.63, 3.8) is 0 Å². The fraction of sp³-hybridized carbons (Fsp3) is 0.160. The summed E-state index contributed by atoms with van der Waals surface area (Å²) in [6.07, 6.45) is -2.04. The van der Waals surface area contributed by atoms with Crippen molar-refractivity contribution >= 4 is 17.2 Å². The number of hydrogen-bond acceptors (Lipinski definition) is 7. The second kappa shape index (κ2) is 7.33. The molecule has 7 nitrogen and oxygen atoms in total. The number of alkyl halides is 3. The Labute approximate surface area is 197 Å². The standard InChI is InChI=1S/C25H16F3N5O2/c1-23(32-33-23)15-2-6-18(7-3-15)35-22-13-29-20-11-10-19(12-21(20)31-22)34-17-8-4-16(5-9-17)24(14-30-24)25(26,27)28/h2-14H,1H3. The van der Waals surface area contributed by atoms with Gasteiger partial charge in [-0.1, -0.05) is 24.3 Å². The van der Waals surface area contributed by atoms with Crippen LogP contribution in [0.25, 0.3) is 11.0 Å². The van der Waals surface area contributed by atoms with Crippen LogP contribution in [0.2, 0.25) is 0 Å². The number of aromatic nitrogens is 2. The average molecular weight is 475 g/mol. The Hall–Kier alpha value is -4.34. The molecule has 1 unspecified atom stereocenters. The average Bonchev–Trinajstić information content (AvgIpc) is 3.76. The van der Waals surface area contributed by atoms with Gasteiger partial charge in [0.1, 0.15) is 17.2 Å². The summed E-state index contributed by atoms with van der Waals surface area (Å²) in [5.41, 5.74) is -0.462. The maximum atomic E-state index is 13.2. The van der Waals surface area contributed by atoms with E-state index in [1.165, 1.54) is 30.5 Å². The van der Waals surface area contributed by atoms with Gasteiger partial charge in [-0.2, -0.15) is 23.4 Å². The van der Waals surface area contributed by atoms with Gasteiger partial charge in [0.15, 0.2) is 0 Å². The maximum absolute atomic E-state index is 13.2. The van der Waals surface area contributed by atoms with Crippen LogP contribution in [0.4, 0.5) is 13.2 Å². The summed E-state index contributed by atoms with van der Waals surface area (Å²) in [7, 11) is 0. The van der Waals surface area contributed by atoms with E-state index in [0.717, 1.165) is 11.8 Å². The van der Waals surface area contributed by atoms with E-state index in [4.69, 9.17) is 9.47 Å². The van der Waals surface area contributed by atoms with E-state index in [9.17, 15) is 13.2 Å². The topological polar surface area (TPSA) is 81.3 Å². The molecule has 3 heterocycles. The highest BCUT2D eigenvalue weighted by Crippen LogP contribution is 2.48. The van der Waals surface area contributed by atoms with E-state index < -0.39 is 17.4 Å². The SMILES string of the molecule is CC1(c2ccc(Oc3cnc4ccc(Oc5ccc(C6(C(F)(F)F)C=N6)cc5)cc4n3)cc2)N=N1. The van der Waals surface area contributed by atoms with Gasteiger partial charge in [-0.15, -0.1) is 0 Å². The number of benzene rings is 3. The number of hydrogen-bond donors (Lipinski definition) is 0. The van der Waals surface area contributed by atoms with Crippen LogP contribution in [-0.4, -0.2) is 22.4 Å². The fourth-order valence-electron chi connectivity index (χ4n) is 3.67. The molecular formula is C25H16F3N5O2. The third-order valence-electron chi connectivity index (χ3n) is 5.86. The van der Waals surface area contributed by atoms with Gasteiger partial charge in [-0.05, 0) is 48.9 Å². The largest absolute Gasteiger partial charge is 0.457 e.